The van der Waals surface area contributed by atoms with Gasteiger partial charge in [-0.25, -0.2) is 9.78 Å². The average molecular weight is 240 g/mol. The van der Waals surface area contributed by atoms with Crippen LogP contribution in [-0.2, 0) is 5.41 Å². The average Bonchev–Trinajstić information content (AvgIpc) is 2.62. The molecule has 0 atom stereocenters. The fraction of sp³-hybridized carbons (Fsp3) is 0.636. The summed E-state index contributed by atoms with van der Waals surface area (Å²) in [6, 6.07) is 0. The van der Waals surface area contributed by atoms with Crippen LogP contribution in [0.25, 0.3) is 0 Å². The molecule has 4 nitrogen and oxygen atoms in total. The normalized spacial score (nSPS) is 19.6. The van der Waals surface area contributed by atoms with Gasteiger partial charge in [0.15, 0.2) is 5.69 Å². The molecule has 1 saturated carbocycles. The first-order valence-corrected chi connectivity index (χ1v) is 6.35. The zero-order chi connectivity index (χ0) is 11.8. The van der Waals surface area contributed by atoms with E-state index in [1.165, 1.54) is 30.6 Å². The van der Waals surface area contributed by atoms with Gasteiger partial charge in [-0.15, -0.1) is 11.3 Å². The number of nitrogen functional groups attached to an aromatic ring is 1. The summed E-state index contributed by atoms with van der Waals surface area (Å²) in [6.07, 6.45) is 5.82. The molecule has 0 unspecified atom stereocenters. The number of hydrogen-bond donors (Lipinski definition) is 2. The number of carbonyl (C=O) groups is 1. The standard InChI is InChI=1S/C11H16N2O2S/c1-11(5-3-2-4-6-11)10-13-7(9(14)15)8(12)16-10/h2-6,12H2,1H3,(H,14,15). The first kappa shape index (κ1) is 11.4. The first-order valence-electron chi connectivity index (χ1n) is 5.53. The summed E-state index contributed by atoms with van der Waals surface area (Å²) >= 11 is 1.33. The molecule has 88 valence electrons. The summed E-state index contributed by atoms with van der Waals surface area (Å²) in [7, 11) is 0. The molecule has 1 aliphatic rings. The van der Waals surface area contributed by atoms with Crippen LogP contribution >= 0.6 is 11.3 Å². The van der Waals surface area contributed by atoms with Crippen molar-refractivity contribution in [1.82, 2.24) is 4.98 Å². The Bertz CT molecular complexity index is 408. The Morgan fingerprint density at radius 1 is 1.44 bits per heavy atom. The number of carboxylic acid groups (broad SMARTS) is 1. The van der Waals surface area contributed by atoms with Crippen molar-refractivity contribution in [1.29, 1.82) is 0 Å². The third-order valence-corrected chi connectivity index (χ3v) is 4.52. The molecule has 1 fully saturated rings. The Morgan fingerprint density at radius 2 is 2.06 bits per heavy atom. The summed E-state index contributed by atoms with van der Waals surface area (Å²) in [6.45, 7) is 2.16. The molecule has 5 heteroatoms. The van der Waals surface area contributed by atoms with E-state index in [2.05, 4.69) is 11.9 Å². The van der Waals surface area contributed by atoms with Gasteiger partial charge in [-0.1, -0.05) is 26.2 Å². The van der Waals surface area contributed by atoms with E-state index in [-0.39, 0.29) is 11.1 Å². The highest BCUT2D eigenvalue weighted by atomic mass is 32.1. The fourth-order valence-electron chi connectivity index (χ4n) is 2.29. The molecule has 1 heterocycles. The van der Waals surface area contributed by atoms with Crippen LogP contribution in [0.1, 0.15) is 54.5 Å². The maximum atomic E-state index is 10.9. The van der Waals surface area contributed by atoms with Crippen molar-refractivity contribution < 1.29 is 9.90 Å². The van der Waals surface area contributed by atoms with Crippen LogP contribution in [0.15, 0.2) is 0 Å². The van der Waals surface area contributed by atoms with Crippen LogP contribution in [0.2, 0.25) is 0 Å². The quantitative estimate of drug-likeness (QED) is 0.833. The summed E-state index contributed by atoms with van der Waals surface area (Å²) in [4.78, 5) is 15.1. The van der Waals surface area contributed by atoms with Gasteiger partial charge in [0.2, 0.25) is 0 Å². The van der Waals surface area contributed by atoms with Crippen molar-refractivity contribution in [2.45, 2.75) is 44.4 Å². The van der Waals surface area contributed by atoms with Gasteiger partial charge in [0.25, 0.3) is 0 Å². The molecule has 0 aliphatic heterocycles. The van der Waals surface area contributed by atoms with E-state index >= 15 is 0 Å². The van der Waals surface area contributed by atoms with E-state index in [1.54, 1.807) is 0 Å². The molecule has 1 aromatic heterocycles. The second-order valence-corrected chi connectivity index (χ2v) is 5.69. The number of rotatable bonds is 2. The second-order valence-electron chi connectivity index (χ2n) is 4.66. The van der Waals surface area contributed by atoms with E-state index in [4.69, 9.17) is 10.8 Å². The van der Waals surface area contributed by atoms with Gasteiger partial charge in [0.05, 0.1) is 0 Å². The first-order chi connectivity index (χ1) is 7.53. The zero-order valence-corrected chi connectivity index (χ0v) is 10.1. The number of nitrogens with zero attached hydrogens (tertiary/aromatic N) is 1. The van der Waals surface area contributed by atoms with Crippen molar-refractivity contribution in [2.24, 2.45) is 0 Å². The fourth-order valence-corrected chi connectivity index (χ4v) is 3.31. The van der Waals surface area contributed by atoms with Gasteiger partial charge in [-0.3, -0.25) is 0 Å². The lowest BCUT2D eigenvalue weighted by Gasteiger charge is -2.31. The zero-order valence-electron chi connectivity index (χ0n) is 9.32. The van der Waals surface area contributed by atoms with E-state index < -0.39 is 5.97 Å². The number of hydrogen-bond acceptors (Lipinski definition) is 4. The van der Waals surface area contributed by atoms with Crippen LogP contribution in [0.3, 0.4) is 0 Å². The monoisotopic (exact) mass is 240 g/mol. The highest BCUT2D eigenvalue weighted by molar-refractivity contribution is 7.16. The third kappa shape index (κ3) is 1.91. The molecule has 16 heavy (non-hydrogen) atoms. The molecule has 0 saturated heterocycles. The number of anilines is 1. The van der Waals surface area contributed by atoms with Crippen molar-refractivity contribution in [3.05, 3.63) is 10.7 Å². The van der Waals surface area contributed by atoms with Crippen molar-refractivity contribution in [3.63, 3.8) is 0 Å². The molecule has 0 bridgehead atoms. The smallest absolute Gasteiger partial charge is 0.357 e. The van der Waals surface area contributed by atoms with Gasteiger partial charge in [0.1, 0.15) is 10.0 Å². The minimum absolute atomic E-state index is 0.0202. The van der Waals surface area contributed by atoms with E-state index in [9.17, 15) is 4.79 Å². The van der Waals surface area contributed by atoms with Crippen LogP contribution in [0, 0.1) is 0 Å². The predicted octanol–water partition coefficient (Wildman–Crippen LogP) is 2.65. The minimum Gasteiger partial charge on any atom is -0.476 e. The molecule has 1 aliphatic carbocycles. The molecular weight excluding hydrogens is 224 g/mol. The van der Waals surface area contributed by atoms with E-state index in [0.717, 1.165) is 17.8 Å². The maximum Gasteiger partial charge on any atom is 0.357 e. The van der Waals surface area contributed by atoms with Crippen molar-refractivity contribution in [3.8, 4) is 0 Å². The Hall–Kier alpha value is -1.10. The van der Waals surface area contributed by atoms with Gasteiger partial charge < -0.3 is 10.8 Å². The van der Waals surface area contributed by atoms with Crippen LogP contribution in [0.5, 0.6) is 0 Å². The second kappa shape index (κ2) is 4.05. The summed E-state index contributed by atoms with van der Waals surface area (Å²) in [5.41, 5.74) is 5.74. The molecule has 0 spiro atoms. The molecule has 2 rings (SSSR count). The number of aromatic nitrogens is 1. The van der Waals surface area contributed by atoms with Crippen LogP contribution in [0.4, 0.5) is 5.00 Å². The van der Waals surface area contributed by atoms with Crippen molar-refractivity contribution >= 4 is 22.3 Å². The van der Waals surface area contributed by atoms with Crippen molar-refractivity contribution in [2.75, 3.05) is 5.73 Å². The SMILES string of the molecule is CC1(c2nc(C(=O)O)c(N)s2)CCCCC1. The Labute approximate surface area is 98.5 Å². The maximum absolute atomic E-state index is 10.9. The molecule has 1 aromatic rings. The lowest BCUT2D eigenvalue weighted by molar-refractivity contribution is 0.0692. The largest absolute Gasteiger partial charge is 0.476 e. The molecule has 0 amide bonds. The number of aromatic carboxylic acids is 1. The molecular formula is C11H16N2O2S. The highest BCUT2D eigenvalue weighted by Gasteiger charge is 2.33. The molecule has 3 N–H and O–H groups in total. The van der Waals surface area contributed by atoms with Gasteiger partial charge >= 0.3 is 5.97 Å². The third-order valence-electron chi connectivity index (χ3n) is 3.33. The highest BCUT2D eigenvalue weighted by Crippen LogP contribution is 2.42. The van der Waals surface area contributed by atoms with E-state index in [1.807, 2.05) is 0 Å². The number of nitrogens with two attached hydrogens (primary N) is 1. The Kier molecular flexibility index (Phi) is 2.88. The lowest BCUT2D eigenvalue weighted by Crippen LogP contribution is -2.24. The number of thiazole rings is 1. The van der Waals surface area contributed by atoms with Crippen LogP contribution < -0.4 is 5.73 Å². The summed E-state index contributed by atoms with van der Waals surface area (Å²) < 4.78 is 0. The van der Waals surface area contributed by atoms with Crippen LogP contribution in [-0.4, -0.2) is 16.1 Å². The Morgan fingerprint density at radius 3 is 2.56 bits per heavy atom. The van der Waals surface area contributed by atoms with Gasteiger partial charge in [-0.05, 0) is 12.8 Å². The molecule has 0 aromatic carbocycles. The summed E-state index contributed by atoms with van der Waals surface area (Å²) in [5.74, 6) is -1.03. The number of carboxylic acids is 1. The van der Waals surface area contributed by atoms with E-state index in [0.29, 0.717) is 5.00 Å². The Balaban J connectivity index is 2.33. The predicted molar refractivity (Wildman–Crippen MR) is 63.9 cm³/mol. The summed E-state index contributed by atoms with van der Waals surface area (Å²) in [5, 5.41) is 10.1. The van der Waals surface area contributed by atoms with Gasteiger partial charge in [0, 0.05) is 5.41 Å². The minimum atomic E-state index is -1.03. The van der Waals surface area contributed by atoms with Gasteiger partial charge in [-0.2, -0.15) is 0 Å². The topological polar surface area (TPSA) is 76.2 Å². The molecule has 0 radical (unpaired) electrons. The lowest BCUT2D eigenvalue weighted by atomic mass is 9.76.